The van der Waals surface area contributed by atoms with E-state index in [-0.39, 0.29) is 17.2 Å². The second kappa shape index (κ2) is 4.28. The van der Waals surface area contributed by atoms with Crippen molar-refractivity contribution in [3.8, 4) is 0 Å². The number of carbonyl (C=O) groups is 1. The molecule has 0 saturated heterocycles. The number of ether oxygens (including phenoxy) is 1. The summed E-state index contributed by atoms with van der Waals surface area (Å²) in [5.74, 6) is -0.574. The maximum Gasteiger partial charge on any atom is 0.339 e. The summed E-state index contributed by atoms with van der Waals surface area (Å²) in [6.45, 7) is 1.94. The number of esters is 1. The fraction of sp³-hybridized carbons (Fsp3) is 0.333. The lowest BCUT2D eigenvalue weighted by molar-refractivity contribution is 0.0526. The van der Waals surface area contributed by atoms with Gasteiger partial charge in [-0.15, -0.1) is 0 Å². The summed E-state index contributed by atoms with van der Waals surface area (Å²) in [7, 11) is 1.56. The third-order valence-electron chi connectivity index (χ3n) is 1.70. The van der Waals surface area contributed by atoms with E-state index in [4.69, 9.17) is 16.3 Å². The largest absolute Gasteiger partial charge is 0.462 e. The van der Waals surface area contributed by atoms with Crippen molar-refractivity contribution in [1.29, 1.82) is 0 Å². The fourth-order valence-corrected chi connectivity index (χ4v) is 1.24. The molecule has 0 spiro atoms. The molecule has 0 radical (unpaired) electrons. The van der Waals surface area contributed by atoms with Gasteiger partial charge in [0.15, 0.2) is 0 Å². The Morgan fingerprint density at radius 3 is 2.86 bits per heavy atom. The average Bonchev–Trinajstić information content (AvgIpc) is 2.15. The molecule has 1 aromatic rings. The summed E-state index contributed by atoms with van der Waals surface area (Å²) in [5, 5.41) is -0.103. The van der Waals surface area contributed by atoms with Gasteiger partial charge in [0.1, 0.15) is 5.02 Å². The number of aryl methyl sites for hydroxylation is 1. The fourth-order valence-electron chi connectivity index (χ4n) is 0.964. The lowest BCUT2D eigenvalue weighted by Crippen LogP contribution is -2.20. The molecule has 0 aliphatic rings. The van der Waals surface area contributed by atoms with Crippen LogP contribution in [-0.4, -0.2) is 17.1 Å². The minimum absolute atomic E-state index is 0.103. The number of hydrogen-bond acceptors (Lipinski definition) is 3. The first-order valence-electron chi connectivity index (χ1n) is 4.10. The molecule has 0 atom stereocenters. The van der Waals surface area contributed by atoms with Crippen LogP contribution in [0.3, 0.4) is 0 Å². The van der Waals surface area contributed by atoms with Gasteiger partial charge in [-0.3, -0.25) is 4.79 Å². The van der Waals surface area contributed by atoms with Gasteiger partial charge in [-0.25, -0.2) is 4.79 Å². The van der Waals surface area contributed by atoms with Crippen LogP contribution in [-0.2, 0) is 11.8 Å². The Kier molecular flexibility index (Phi) is 3.30. The van der Waals surface area contributed by atoms with Crippen molar-refractivity contribution in [2.45, 2.75) is 6.92 Å². The van der Waals surface area contributed by atoms with E-state index in [2.05, 4.69) is 0 Å². The number of rotatable bonds is 2. The molecule has 0 amide bonds. The lowest BCUT2D eigenvalue weighted by atomic mass is 10.2. The van der Waals surface area contributed by atoms with E-state index in [1.165, 1.54) is 16.8 Å². The molecule has 1 rings (SSSR count). The zero-order valence-electron chi connectivity index (χ0n) is 7.91. The normalized spacial score (nSPS) is 9.93. The number of nitrogens with zero attached hydrogens (tertiary/aromatic N) is 1. The highest BCUT2D eigenvalue weighted by Crippen LogP contribution is 2.11. The zero-order chi connectivity index (χ0) is 10.7. The van der Waals surface area contributed by atoms with Crippen LogP contribution in [0.1, 0.15) is 17.3 Å². The molecule has 0 aliphatic carbocycles. The Morgan fingerprint density at radius 2 is 2.29 bits per heavy atom. The maximum atomic E-state index is 11.3. The highest BCUT2D eigenvalue weighted by molar-refractivity contribution is 6.33. The number of carbonyl (C=O) groups excluding carboxylic acids is 1. The molecule has 1 aromatic heterocycles. The predicted molar refractivity (Wildman–Crippen MR) is 52.6 cm³/mol. The van der Waals surface area contributed by atoms with Crippen molar-refractivity contribution in [3.63, 3.8) is 0 Å². The Hall–Kier alpha value is -1.29. The summed E-state index contributed by atoms with van der Waals surface area (Å²) >= 11 is 5.69. The molecule has 14 heavy (non-hydrogen) atoms. The first-order valence-corrected chi connectivity index (χ1v) is 4.48. The molecule has 5 heteroatoms. The van der Waals surface area contributed by atoms with Crippen LogP contribution in [0.15, 0.2) is 17.1 Å². The minimum Gasteiger partial charge on any atom is -0.462 e. The van der Waals surface area contributed by atoms with Crippen LogP contribution in [0, 0.1) is 0 Å². The van der Waals surface area contributed by atoms with E-state index < -0.39 is 11.5 Å². The van der Waals surface area contributed by atoms with E-state index in [1.807, 2.05) is 0 Å². The van der Waals surface area contributed by atoms with Gasteiger partial charge in [-0.2, -0.15) is 0 Å². The van der Waals surface area contributed by atoms with Crippen molar-refractivity contribution in [3.05, 3.63) is 33.2 Å². The van der Waals surface area contributed by atoms with E-state index in [0.29, 0.717) is 0 Å². The van der Waals surface area contributed by atoms with Crippen LogP contribution in [0.5, 0.6) is 0 Å². The molecule has 1 heterocycles. The number of halogens is 1. The zero-order valence-corrected chi connectivity index (χ0v) is 8.67. The van der Waals surface area contributed by atoms with Crippen molar-refractivity contribution in [2.75, 3.05) is 6.61 Å². The first-order chi connectivity index (χ1) is 6.57. The van der Waals surface area contributed by atoms with Crippen LogP contribution >= 0.6 is 11.6 Å². The van der Waals surface area contributed by atoms with Gasteiger partial charge in [0, 0.05) is 13.2 Å². The summed E-state index contributed by atoms with van der Waals surface area (Å²) < 4.78 is 6.03. The van der Waals surface area contributed by atoms with Crippen molar-refractivity contribution >= 4 is 17.6 Å². The summed E-state index contributed by atoms with van der Waals surface area (Å²) in [6.07, 6.45) is 1.47. The quantitative estimate of drug-likeness (QED) is 0.697. The van der Waals surface area contributed by atoms with Gasteiger partial charge in [-0.1, -0.05) is 11.6 Å². The number of hydrogen-bond donors (Lipinski definition) is 0. The van der Waals surface area contributed by atoms with Crippen LogP contribution in [0.2, 0.25) is 5.02 Å². The van der Waals surface area contributed by atoms with Crippen LogP contribution in [0.25, 0.3) is 0 Å². The van der Waals surface area contributed by atoms with Crippen molar-refractivity contribution in [2.24, 2.45) is 7.05 Å². The molecule has 4 nitrogen and oxygen atoms in total. The third-order valence-corrected chi connectivity index (χ3v) is 2.07. The maximum absolute atomic E-state index is 11.3. The molecule has 0 fully saturated rings. The van der Waals surface area contributed by atoms with E-state index in [9.17, 15) is 9.59 Å². The summed E-state index contributed by atoms with van der Waals surface area (Å²) in [5.41, 5.74) is -0.297. The van der Waals surface area contributed by atoms with Crippen molar-refractivity contribution < 1.29 is 9.53 Å². The van der Waals surface area contributed by atoms with Gasteiger partial charge in [0.05, 0.1) is 12.2 Å². The van der Waals surface area contributed by atoms with Gasteiger partial charge in [0.2, 0.25) is 0 Å². The molecular formula is C9H10ClNO3. The monoisotopic (exact) mass is 215 g/mol. The molecule has 0 saturated carbocycles. The molecule has 0 aliphatic heterocycles. The Balaban J connectivity index is 3.18. The lowest BCUT2D eigenvalue weighted by Gasteiger charge is -2.04. The second-order valence-corrected chi connectivity index (χ2v) is 3.06. The van der Waals surface area contributed by atoms with Crippen LogP contribution in [0.4, 0.5) is 0 Å². The van der Waals surface area contributed by atoms with Gasteiger partial charge in [-0.05, 0) is 13.0 Å². The molecule has 0 unspecified atom stereocenters. The molecule has 0 bridgehead atoms. The van der Waals surface area contributed by atoms with Gasteiger partial charge in [0.25, 0.3) is 5.56 Å². The van der Waals surface area contributed by atoms with Gasteiger partial charge >= 0.3 is 5.97 Å². The SMILES string of the molecule is CCOC(=O)c1ccn(C)c(=O)c1Cl. The topological polar surface area (TPSA) is 48.3 Å². The highest BCUT2D eigenvalue weighted by atomic mass is 35.5. The van der Waals surface area contributed by atoms with Gasteiger partial charge < -0.3 is 9.30 Å². The predicted octanol–water partition coefficient (Wildman–Crippen LogP) is 1.22. The standard InChI is InChI=1S/C9H10ClNO3/c1-3-14-9(13)6-4-5-11(2)8(12)7(6)10/h4-5H,3H2,1-2H3. The number of pyridine rings is 1. The Bertz CT molecular complexity index is 411. The molecule has 76 valence electrons. The smallest absolute Gasteiger partial charge is 0.339 e. The highest BCUT2D eigenvalue weighted by Gasteiger charge is 2.14. The Labute approximate surface area is 86.1 Å². The molecule has 0 N–H and O–H groups in total. The minimum atomic E-state index is -0.574. The number of aromatic nitrogens is 1. The first kappa shape index (κ1) is 10.8. The molecular weight excluding hydrogens is 206 g/mol. The molecule has 0 aromatic carbocycles. The van der Waals surface area contributed by atoms with Crippen LogP contribution < -0.4 is 5.56 Å². The summed E-state index contributed by atoms with van der Waals surface area (Å²) in [6, 6.07) is 1.46. The second-order valence-electron chi connectivity index (χ2n) is 2.68. The average molecular weight is 216 g/mol. The third kappa shape index (κ3) is 1.96. The summed E-state index contributed by atoms with van der Waals surface area (Å²) in [4.78, 5) is 22.6. The van der Waals surface area contributed by atoms with E-state index in [0.717, 1.165) is 0 Å². The van der Waals surface area contributed by atoms with E-state index in [1.54, 1.807) is 14.0 Å². The van der Waals surface area contributed by atoms with Crippen molar-refractivity contribution in [1.82, 2.24) is 4.57 Å². The van der Waals surface area contributed by atoms with E-state index >= 15 is 0 Å². The Morgan fingerprint density at radius 1 is 1.64 bits per heavy atom.